The Morgan fingerprint density at radius 1 is 1.56 bits per heavy atom. The first kappa shape index (κ1) is 15.3. The number of thiocarbonyl (C=S) groups is 1. The van der Waals surface area contributed by atoms with E-state index in [4.69, 9.17) is 22.7 Å². The molecular formula is C10H21N3O2S. The van der Waals surface area contributed by atoms with Crippen LogP contribution in [-0.2, 0) is 9.53 Å². The van der Waals surface area contributed by atoms with Crippen LogP contribution in [0.2, 0.25) is 0 Å². The second kappa shape index (κ2) is 8.43. The molecule has 0 saturated carbocycles. The summed E-state index contributed by atoms with van der Waals surface area (Å²) in [6, 6.07) is -0.200. The maximum absolute atomic E-state index is 11.5. The van der Waals surface area contributed by atoms with E-state index in [2.05, 4.69) is 5.32 Å². The fourth-order valence-corrected chi connectivity index (χ4v) is 1.43. The molecule has 0 radical (unpaired) electrons. The molecule has 0 rings (SSSR count). The largest absolute Gasteiger partial charge is 0.393 e. The molecule has 1 atom stereocenters. The molecule has 1 amide bonds. The summed E-state index contributed by atoms with van der Waals surface area (Å²) in [6.45, 7) is 3.80. The summed E-state index contributed by atoms with van der Waals surface area (Å²) in [5.74, 6) is -0.0148. The summed E-state index contributed by atoms with van der Waals surface area (Å²) >= 11 is 4.83. The van der Waals surface area contributed by atoms with Gasteiger partial charge in [0.05, 0.1) is 17.6 Å². The number of amides is 1. The van der Waals surface area contributed by atoms with Gasteiger partial charge in [-0.1, -0.05) is 12.2 Å². The lowest BCUT2D eigenvalue weighted by Crippen LogP contribution is -2.46. The van der Waals surface area contributed by atoms with Gasteiger partial charge in [0.2, 0.25) is 5.91 Å². The van der Waals surface area contributed by atoms with E-state index in [9.17, 15) is 4.79 Å². The molecule has 0 fully saturated rings. The average molecular weight is 247 g/mol. The number of rotatable bonds is 8. The molecule has 0 aromatic carbocycles. The first-order chi connectivity index (χ1) is 7.52. The van der Waals surface area contributed by atoms with Crippen molar-refractivity contribution in [3.8, 4) is 0 Å². The fourth-order valence-electron chi connectivity index (χ4n) is 1.34. The van der Waals surface area contributed by atoms with Crippen molar-refractivity contribution in [1.82, 2.24) is 10.2 Å². The van der Waals surface area contributed by atoms with Crippen LogP contribution in [0, 0.1) is 0 Å². The minimum atomic E-state index is -0.200. The number of nitrogens with two attached hydrogens (primary N) is 1. The molecule has 0 spiro atoms. The molecule has 3 N–H and O–H groups in total. The molecule has 0 saturated heterocycles. The van der Waals surface area contributed by atoms with E-state index in [0.29, 0.717) is 31.1 Å². The van der Waals surface area contributed by atoms with Crippen molar-refractivity contribution in [2.24, 2.45) is 5.73 Å². The van der Waals surface area contributed by atoms with Crippen molar-refractivity contribution >= 4 is 23.1 Å². The molecule has 0 aromatic heterocycles. The Bertz CT molecular complexity index is 236. The summed E-state index contributed by atoms with van der Waals surface area (Å²) in [7, 11) is 3.26. The number of hydrogen-bond donors (Lipinski definition) is 2. The third-order valence-corrected chi connectivity index (χ3v) is 2.61. The molecule has 0 heterocycles. The van der Waals surface area contributed by atoms with Gasteiger partial charge < -0.3 is 15.8 Å². The first-order valence-corrected chi connectivity index (χ1v) is 5.66. The number of nitrogens with one attached hydrogen (secondary N) is 1. The standard InChI is InChI=1S/C10H21N3O2S/c1-8(10(14)12-2)13(6-7-15-3)5-4-9(11)16/h8H,4-7H2,1-3H3,(H2,11,16)(H,12,14). The lowest BCUT2D eigenvalue weighted by molar-refractivity contribution is -0.125. The van der Waals surface area contributed by atoms with Crippen molar-refractivity contribution in [2.75, 3.05) is 33.9 Å². The van der Waals surface area contributed by atoms with E-state index in [1.807, 2.05) is 11.8 Å². The topological polar surface area (TPSA) is 67.6 Å². The third-order valence-electron chi connectivity index (χ3n) is 2.40. The summed E-state index contributed by atoms with van der Waals surface area (Å²) < 4.78 is 5.01. The van der Waals surface area contributed by atoms with Gasteiger partial charge in [-0.15, -0.1) is 0 Å². The Balaban J connectivity index is 4.27. The predicted octanol–water partition coefficient (Wildman–Crippen LogP) is -0.254. The number of carbonyl (C=O) groups excluding carboxylic acids is 1. The predicted molar refractivity (Wildman–Crippen MR) is 68.4 cm³/mol. The van der Waals surface area contributed by atoms with Crippen molar-refractivity contribution in [3.05, 3.63) is 0 Å². The molecule has 1 unspecified atom stereocenters. The molecule has 0 aliphatic carbocycles. The molecule has 5 nitrogen and oxygen atoms in total. The van der Waals surface area contributed by atoms with Gasteiger partial charge in [0.25, 0.3) is 0 Å². The van der Waals surface area contributed by atoms with Gasteiger partial charge in [0.15, 0.2) is 0 Å². The normalized spacial score (nSPS) is 12.5. The van der Waals surface area contributed by atoms with Crippen LogP contribution in [0.4, 0.5) is 0 Å². The van der Waals surface area contributed by atoms with Gasteiger partial charge in [-0.2, -0.15) is 0 Å². The van der Waals surface area contributed by atoms with Crippen molar-refractivity contribution in [1.29, 1.82) is 0 Å². The Hall–Kier alpha value is -0.720. The van der Waals surface area contributed by atoms with Crippen molar-refractivity contribution in [3.63, 3.8) is 0 Å². The highest BCUT2D eigenvalue weighted by molar-refractivity contribution is 7.80. The number of ether oxygens (including phenoxy) is 1. The SMILES string of the molecule is CNC(=O)C(C)N(CCOC)CCC(N)=S. The summed E-state index contributed by atoms with van der Waals surface area (Å²) in [5, 5.41) is 2.62. The van der Waals surface area contributed by atoms with Gasteiger partial charge in [0, 0.05) is 33.7 Å². The molecule has 94 valence electrons. The Morgan fingerprint density at radius 3 is 2.62 bits per heavy atom. The van der Waals surface area contributed by atoms with Gasteiger partial charge in [-0.3, -0.25) is 9.69 Å². The van der Waals surface area contributed by atoms with Crippen LogP contribution in [0.3, 0.4) is 0 Å². The van der Waals surface area contributed by atoms with Crippen molar-refractivity contribution < 1.29 is 9.53 Å². The summed E-state index contributed by atoms with van der Waals surface area (Å²) in [4.78, 5) is 14.0. The van der Waals surface area contributed by atoms with E-state index >= 15 is 0 Å². The van der Waals surface area contributed by atoms with Gasteiger partial charge in [-0.25, -0.2) is 0 Å². The molecule has 16 heavy (non-hydrogen) atoms. The van der Waals surface area contributed by atoms with E-state index in [-0.39, 0.29) is 11.9 Å². The number of likely N-dealkylation sites (N-methyl/N-ethyl adjacent to an activating group) is 1. The molecule has 0 aliphatic rings. The quantitative estimate of drug-likeness (QED) is 0.579. The van der Waals surface area contributed by atoms with Crippen LogP contribution in [-0.4, -0.2) is 55.7 Å². The zero-order chi connectivity index (χ0) is 12.6. The van der Waals surface area contributed by atoms with Gasteiger partial charge in [0.1, 0.15) is 0 Å². The third kappa shape index (κ3) is 5.99. The molecule has 0 bridgehead atoms. The number of nitrogens with zero attached hydrogens (tertiary/aromatic N) is 1. The molecule has 0 aliphatic heterocycles. The van der Waals surface area contributed by atoms with Gasteiger partial charge in [-0.05, 0) is 6.92 Å². The van der Waals surface area contributed by atoms with Crippen molar-refractivity contribution in [2.45, 2.75) is 19.4 Å². The number of hydrogen-bond acceptors (Lipinski definition) is 4. The molecular weight excluding hydrogens is 226 g/mol. The van der Waals surface area contributed by atoms with E-state index in [1.165, 1.54) is 0 Å². The van der Waals surface area contributed by atoms with E-state index < -0.39 is 0 Å². The Labute approximate surface area is 102 Å². The highest BCUT2D eigenvalue weighted by atomic mass is 32.1. The maximum Gasteiger partial charge on any atom is 0.236 e. The lowest BCUT2D eigenvalue weighted by atomic mass is 10.2. The summed E-state index contributed by atoms with van der Waals surface area (Å²) in [6.07, 6.45) is 0.611. The van der Waals surface area contributed by atoms with E-state index in [0.717, 1.165) is 0 Å². The highest BCUT2D eigenvalue weighted by Gasteiger charge is 2.19. The first-order valence-electron chi connectivity index (χ1n) is 5.25. The Kier molecular flexibility index (Phi) is 8.05. The van der Waals surface area contributed by atoms with Crippen LogP contribution >= 0.6 is 12.2 Å². The number of carbonyl (C=O) groups is 1. The van der Waals surface area contributed by atoms with Gasteiger partial charge >= 0.3 is 0 Å². The van der Waals surface area contributed by atoms with Crippen LogP contribution in [0.5, 0.6) is 0 Å². The second-order valence-corrected chi connectivity index (χ2v) is 4.06. The smallest absolute Gasteiger partial charge is 0.236 e. The lowest BCUT2D eigenvalue weighted by Gasteiger charge is -2.27. The van der Waals surface area contributed by atoms with Crippen LogP contribution in [0.1, 0.15) is 13.3 Å². The molecule has 6 heteroatoms. The minimum Gasteiger partial charge on any atom is -0.393 e. The summed E-state index contributed by atoms with van der Waals surface area (Å²) in [5.41, 5.74) is 5.45. The Morgan fingerprint density at radius 2 is 2.19 bits per heavy atom. The monoisotopic (exact) mass is 247 g/mol. The van der Waals surface area contributed by atoms with Crippen LogP contribution in [0.25, 0.3) is 0 Å². The zero-order valence-electron chi connectivity index (χ0n) is 10.2. The average Bonchev–Trinajstić information content (AvgIpc) is 2.27. The van der Waals surface area contributed by atoms with Crippen LogP contribution in [0.15, 0.2) is 0 Å². The zero-order valence-corrected chi connectivity index (χ0v) is 11.0. The number of methoxy groups -OCH3 is 1. The minimum absolute atomic E-state index is 0.0148. The van der Waals surface area contributed by atoms with E-state index in [1.54, 1.807) is 14.2 Å². The highest BCUT2D eigenvalue weighted by Crippen LogP contribution is 2.01. The molecule has 0 aromatic rings. The fraction of sp³-hybridized carbons (Fsp3) is 0.800. The maximum atomic E-state index is 11.5. The second-order valence-electron chi connectivity index (χ2n) is 3.54. The van der Waals surface area contributed by atoms with Crippen LogP contribution < -0.4 is 11.1 Å².